The zero-order valence-electron chi connectivity index (χ0n) is 17.8. The standard InChI is InChI=1S/C16H11BrN.C4H10N.C2H7Si.2ClH.Zr/c1-18-15-5-3-2-4-13(15)14-9-10-8-11(17)6-7-12(10)16(14)18;1-4(2,3)5;1-3-2;;;/h2-8,16H,1H3;5H,1-3H3;3H,1-2H3;2*1H;/q;-1;;;;+3/p-2. The molecule has 0 amide bonds. The third kappa shape index (κ3) is 3.39. The van der Waals surface area contributed by atoms with Crippen molar-refractivity contribution >= 4 is 53.4 Å². The van der Waals surface area contributed by atoms with Crippen molar-refractivity contribution in [3.8, 4) is 0 Å². The molecule has 1 aliphatic heterocycles. The van der Waals surface area contributed by atoms with Crippen LogP contribution in [0.25, 0.3) is 8.85 Å². The summed E-state index contributed by atoms with van der Waals surface area (Å²) in [7, 11) is 17.8. The number of fused-ring (bicyclic) bond motifs is 5. The number of likely N-dealkylation sites (N-methyl/N-ethyl adjacent to an activating group) is 1. The van der Waals surface area contributed by atoms with E-state index in [2.05, 4.69) is 107 Å². The molecule has 2 aliphatic rings. The molecule has 1 heterocycles. The van der Waals surface area contributed by atoms with Crippen molar-refractivity contribution in [2.75, 3.05) is 11.9 Å². The molecule has 0 spiro atoms. The average Bonchev–Trinajstić information content (AvgIpc) is 3.07. The third-order valence-electron chi connectivity index (χ3n) is 6.16. The molecule has 2 aromatic rings. The van der Waals surface area contributed by atoms with E-state index in [-0.39, 0.29) is 11.6 Å². The summed E-state index contributed by atoms with van der Waals surface area (Å²) in [5.74, 6) is -1.49. The van der Waals surface area contributed by atoms with Crippen molar-refractivity contribution in [1.29, 1.82) is 0 Å². The van der Waals surface area contributed by atoms with Gasteiger partial charge in [-0.05, 0) is 0 Å². The van der Waals surface area contributed by atoms with Gasteiger partial charge in [0, 0.05) is 0 Å². The second-order valence-corrected chi connectivity index (χ2v) is 50.2. The van der Waals surface area contributed by atoms with E-state index in [1.807, 2.05) is 0 Å². The van der Waals surface area contributed by atoms with Gasteiger partial charge in [-0.2, -0.15) is 0 Å². The predicted octanol–water partition coefficient (Wildman–Crippen LogP) is 7.11. The fourth-order valence-electron chi connectivity index (χ4n) is 4.93. The fourth-order valence-corrected chi connectivity index (χ4v) is 30.0. The number of hydrogen-bond donors (Lipinski definition) is 1. The Morgan fingerprint density at radius 1 is 1.07 bits per heavy atom. The van der Waals surface area contributed by atoms with Gasteiger partial charge < -0.3 is 0 Å². The van der Waals surface area contributed by atoms with E-state index in [9.17, 15) is 0 Å². The van der Waals surface area contributed by atoms with Crippen LogP contribution in [-0.4, -0.2) is 18.5 Å². The maximum absolute atomic E-state index is 7.82. The number of rotatable bonds is 3. The molecule has 155 valence electrons. The molecule has 0 fully saturated rings. The third-order valence-corrected chi connectivity index (χ3v) is 51.6. The summed E-state index contributed by atoms with van der Waals surface area (Å²) in [4.78, 5) is 2.38. The Kier molecular flexibility index (Phi) is 5.42. The van der Waals surface area contributed by atoms with Gasteiger partial charge in [0.15, 0.2) is 0 Å². The first kappa shape index (κ1) is 22.3. The summed E-state index contributed by atoms with van der Waals surface area (Å²) >= 11 is -0.875. The summed E-state index contributed by atoms with van der Waals surface area (Å²) in [6.07, 6.45) is 0. The summed E-state index contributed by atoms with van der Waals surface area (Å²) in [5.41, 5.74) is 6.23. The molecule has 0 saturated heterocycles. The van der Waals surface area contributed by atoms with E-state index in [1.165, 1.54) is 31.2 Å². The summed E-state index contributed by atoms with van der Waals surface area (Å²) < 4.78 is 6.19. The molecule has 2 nitrogen and oxygen atoms in total. The van der Waals surface area contributed by atoms with Gasteiger partial charge in [-0.1, -0.05) is 0 Å². The molecule has 0 radical (unpaired) electrons. The van der Waals surface area contributed by atoms with Crippen LogP contribution in [-0.2, 0) is 15.8 Å². The number of para-hydroxylation sites is 1. The van der Waals surface area contributed by atoms with Crippen molar-refractivity contribution in [3.63, 3.8) is 0 Å². The molecule has 4 rings (SSSR count). The molecular formula is C22H28BrCl2N2SiZr. The number of anilines is 1. The van der Waals surface area contributed by atoms with E-state index >= 15 is 0 Å². The van der Waals surface area contributed by atoms with Gasteiger partial charge in [0.05, 0.1) is 0 Å². The molecule has 1 N–H and O–H groups in total. The van der Waals surface area contributed by atoms with E-state index in [0.29, 0.717) is 0 Å². The van der Waals surface area contributed by atoms with Gasteiger partial charge in [0.1, 0.15) is 0 Å². The first-order valence-electron chi connectivity index (χ1n) is 10.1. The van der Waals surface area contributed by atoms with Crippen LogP contribution < -0.4 is 8.16 Å². The first-order valence-corrected chi connectivity index (χ1v) is 26.8. The monoisotopic (exact) mass is 587 g/mol. The van der Waals surface area contributed by atoms with Crippen molar-refractivity contribution in [2.24, 2.45) is 0 Å². The summed E-state index contributed by atoms with van der Waals surface area (Å²) in [5, 5.41) is 0. The summed E-state index contributed by atoms with van der Waals surface area (Å²) in [6, 6.07) is 15.4. The Morgan fingerprint density at radius 2 is 1.72 bits per heavy atom. The Bertz CT molecular complexity index is 1050. The molecule has 1 aliphatic carbocycles. The van der Waals surface area contributed by atoms with Gasteiger partial charge in [-0.3, -0.25) is 0 Å². The summed E-state index contributed by atoms with van der Waals surface area (Å²) in [6.45, 7) is 11.2. The SMILES string of the molecule is CN1c2ccccc2C2=[C]([Zr]([Cl])([Cl])([NH]C(C)(C)C)[SiH](C)C)c3cc(Br)ccc3C21. The predicted molar refractivity (Wildman–Crippen MR) is 132 cm³/mol. The van der Waals surface area contributed by atoms with Crippen molar-refractivity contribution in [1.82, 2.24) is 3.26 Å². The molecule has 1 unspecified atom stereocenters. The quantitative estimate of drug-likeness (QED) is 0.384. The Morgan fingerprint density at radius 3 is 2.34 bits per heavy atom. The number of benzene rings is 2. The maximum atomic E-state index is 7.82. The van der Waals surface area contributed by atoms with Crippen LogP contribution in [0.5, 0.6) is 0 Å². The van der Waals surface area contributed by atoms with Crippen molar-refractivity contribution in [2.45, 2.75) is 45.4 Å². The second-order valence-electron chi connectivity index (χ2n) is 9.66. The second kappa shape index (κ2) is 7.05. The van der Waals surface area contributed by atoms with Crippen LogP contribution in [0.15, 0.2) is 46.9 Å². The zero-order chi connectivity index (χ0) is 21.4. The van der Waals surface area contributed by atoms with Crippen LogP contribution >= 0.6 is 33.0 Å². The van der Waals surface area contributed by atoms with Gasteiger partial charge in [0.2, 0.25) is 0 Å². The topological polar surface area (TPSA) is 15.3 Å². The Labute approximate surface area is 192 Å². The number of nitrogens with one attached hydrogen (secondary N) is 1. The van der Waals surface area contributed by atoms with E-state index in [4.69, 9.17) is 17.0 Å². The molecule has 0 bridgehead atoms. The van der Waals surface area contributed by atoms with Crippen LogP contribution in [0.3, 0.4) is 0 Å². The van der Waals surface area contributed by atoms with Gasteiger partial charge in [0.25, 0.3) is 0 Å². The number of hydrogen-bond acceptors (Lipinski definition) is 2. The molecular weight excluding hydrogens is 562 g/mol. The minimum absolute atomic E-state index is 0.159. The van der Waals surface area contributed by atoms with Crippen LogP contribution in [0.1, 0.15) is 43.5 Å². The van der Waals surface area contributed by atoms with Crippen molar-refractivity contribution < 1.29 is 15.8 Å². The van der Waals surface area contributed by atoms with Crippen molar-refractivity contribution in [3.05, 3.63) is 63.6 Å². The Balaban J connectivity index is 2.13. The number of halogens is 3. The van der Waals surface area contributed by atoms with Gasteiger partial charge in [-0.25, -0.2) is 0 Å². The van der Waals surface area contributed by atoms with E-state index in [1.54, 1.807) is 0 Å². The molecule has 7 heteroatoms. The van der Waals surface area contributed by atoms with E-state index in [0.717, 1.165) is 4.47 Å². The first-order chi connectivity index (χ1) is 13.3. The van der Waals surface area contributed by atoms with E-state index < -0.39 is 21.8 Å². The molecule has 2 aromatic carbocycles. The zero-order valence-corrected chi connectivity index (χ0v) is 24.5. The van der Waals surface area contributed by atoms with Gasteiger partial charge >= 0.3 is 194 Å². The molecule has 29 heavy (non-hydrogen) atoms. The average molecular weight is 591 g/mol. The van der Waals surface area contributed by atoms with Crippen LogP contribution in [0.4, 0.5) is 5.69 Å². The normalized spacial score (nSPS) is 19.9. The van der Waals surface area contributed by atoms with Crippen LogP contribution in [0, 0.1) is 0 Å². The van der Waals surface area contributed by atoms with Gasteiger partial charge in [-0.15, -0.1) is 0 Å². The molecule has 0 aromatic heterocycles. The van der Waals surface area contributed by atoms with Crippen LogP contribution in [0.2, 0.25) is 13.1 Å². The molecule has 1 atom stereocenters. The Hall–Kier alpha value is 0.1000. The minimum atomic E-state index is -4.57. The molecule has 0 saturated carbocycles. The fraction of sp³-hybridized carbons (Fsp3) is 0.364. The number of nitrogens with zero attached hydrogens (tertiary/aromatic N) is 1.